The minimum absolute atomic E-state index is 0.185. The van der Waals surface area contributed by atoms with Crippen LogP contribution in [0.25, 0.3) is 0 Å². The molecule has 0 aliphatic carbocycles. The molecule has 0 saturated carbocycles. The third kappa shape index (κ3) is 6.05. The number of aryl methyl sites for hydroxylation is 1. The molecule has 7 nitrogen and oxygen atoms in total. The average Bonchev–Trinajstić information content (AvgIpc) is 2.84. The van der Waals surface area contributed by atoms with Crippen LogP contribution in [0.15, 0.2) is 47.4 Å². The zero-order valence-electron chi connectivity index (χ0n) is 20.1. The van der Waals surface area contributed by atoms with Crippen molar-refractivity contribution in [3.63, 3.8) is 0 Å². The smallest absolute Gasteiger partial charge is 0.251 e. The summed E-state index contributed by atoms with van der Waals surface area (Å²) in [6.07, 6.45) is 1.73. The molecule has 2 aliphatic rings. The van der Waals surface area contributed by atoms with E-state index in [-0.39, 0.29) is 10.8 Å². The molecule has 0 bridgehead atoms. The molecule has 184 valence electrons. The number of morpholine rings is 1. The van der Waals surface area contributed by atoms with Gasteiger partial charge in [0, 0.05) is 44.8 Å². The molecule has 0 aromatic heterocycles. The predicted octanol–water partition coefficient (Wildman–Crippen LogP) is 3.18. The van der Waals surface area contributed by atoms with Gasteiger partial charge in [-0.15, -0.1) is 0 Å². The summed E-state index contributed by atoms with van der Waals surface area (Å²) in [6, 6.07) is 13.1. The Bertz CT molecular complexity index is 1100. The average molecular weight is 486 g/mol. The van der Waals surface area contributed by atoms with Gasteiger partial charge in [0.05, 0.1) is 18.1 Å². The number of hydrogen-bond acceptors (Lipinski definition) is 5. The highest BCUT2D eigenvalue weighted by atomic mass is 32.2. The maximum absolute atomic E-state index is 13.1. The highest BCUT2D eigenvalue weighted by Gasteiger charge is 2.29. The molecular weight excluding hydrogens is 450 g/mol. The highest BCUT2D eigenvalue weighted by molar-refractivity contribution is 7.89. The number of piperidine rings is 1. The van der Waals surface area contributed by atoms with Gasteiger partial charge in [-0.25, -0.2) is 8.42 Å². The van der Waals surface area contributed by atoms with Crippen LogP contribution in [0.4, 0.5) is 0 Å². The van der Waals surface area contributed by atoms with Crippen LogP contribution < -0.4 is 5.32 Å². The van der Waals surface area contributed by atoms with E-state index in [0.29, 0.717) is 31.1 Å². The Hall–Kier alpha value is -2.26. The number of sulfonamides is 1. The first kappa shape index (κ1) is 24.9. The first-order chi connectivity index (χ1) is 16.3. The van der Waals surface area contributed by atoms with E-state index >= 15 is 0 Å². The summed E-state index contributed by atoms with van der Waals surface area (Å²) in [7, 11) is -3.61. The minimum Gasteiger partial charge on any atom is -0.379 e. The molecule has 1 amide bonds. The Morgan fingerprint density at radius 2 is 1.74 bits per heavy atom. The molecular formula is C26H35N3O4S. The maximum atomic E-state index is 13.1. The van der Waals surface area contributed by atoms with Gasteiger partial charge in [-0.1, -0.05) is 37.3 Å². The van der Waals surface area contributed by atoms with E-state index in [1.807, 2.05) is 19.1 Å². The van der Waals surface area contributed by atoms with Crippen molar-refractivity contribution in [3.05, 3.63) is 64.7 Å². The zero-order chi connectivity index (χ0) is 24.1. The Morgan fingerprint density at radius 3 is 2.47 bits per heavy atom. The van der Waals surface area contributed by atoms with E-state index in [4.69, 9.17) is 4.74 Å². The van der Waals surface area contributed by atoms with Gasteiger partial charge in [-0.05, 0) is 54.5 Å². The third-order valence-corrected chi connectivity index (χ3v) is 8.68. The van der Waals surface area contributed by atoms with E-state index < -0.39 is 10.0 Å². The van der Waals surface area contributed by atoms with Crippen LogP contribution in [0.2, 0.25) is 0 Å². The monoisotopic (exact) mass is 485 g/mol. The molecule has 2 aromatic carbocycles. The maximum Gasteiger partial charge on any atom is 0.251 e. The number of carbonyl (C=O) groups is 1. The van der Waals surface area contributed by atoms with Crippen LogP contribution >= 0.6 is 0 Å². The Labute approximate surface area is 203 Å². The second-order valence-electron chi connectivity index (χ2n) is 9.45. The molecule has 8 heteroatoms. The van der Waals surface area contributed by atoms with E-state index in [0.717, 1.165) is 56.8 Å². The number of carbonyl (C=O) groups excluding carboxylic acids is 1. The molecule has 2 aromatic rings. The fraction of sp³-hybridized carbons (Fsp3) is 0.500. The quantitative estimate of drug-likeness (QED) is 0.652. The molecule has 0 radical (unpaired) electrons. The van der Waals surface area contributed by atoms with Gasteiger partial charge in [-0.2, -0.15) is 4.31 Å². The zero-order valence-corrected chi connectivity index (χ0v) is 20.9. The molecule has 2 fully saturated rings. The van der Waals surface area contributed by atoms with Crippen LogP contribution in [0.3, 0.4) is 0 Å². The molecule has 2 saturated heterocycles. The fourth-order valence-electron chi connectivity index (χ4n) is 4.51. The van der Waals surface area contributed by atoms with Gasteiger partial charge >= 0.3 is 0 Å². The van der Waals surface area contributed by atoms with Crippen molar-refractivity contribution in [2.75, 3.05) is 39.4 Å². The largest absolute Gasteiger partial charge is 0.379 e. The summed E-state index contributed by atoms with van der Waals surface area (Å²) in [4.78, 5) is 15.5. The van der Waals surface area contributed by atoms with Crippen LogP contribution in [0.5, 0.6) is 0 Å². The molecule has 2 aliphatic heterocycles. The lowest BCUT2D eigenvalue weighted by molar-refractivity contribution is 0.0342. The fourth-order valence-corrected chi connectivity index (χ4v) is 6.01. The SMILES string of the molecule is Cc1ccc(S(=O)(=O)N2CCC(C)CC2)cc1C(=O)NCc1cccc(CN2CCOCC2)c1. The van der Waals surface area contributed by atoms with E-state index in [9.17, 15) is 13.2 Å². The van der Waals surface area contributed by atoms with Crippen molar-refractivity contribution in [3.8, 4) is 0 Å². The Balaban J connectivity index is 1.42. The van der Waals surface area contributed by atoms with Gasteiger partial charge in [0.1, 0.15) is 0 Å². The molecule has 4 rings (SSSR count). The van der Waals surface area contributed by atoms with Crippen LogP contribution in [0, 0.1) is 12.8 Å². The number of amides is 1. The normalized spacial score (nSPS) is 18.6. The summed E-state index contributed by atoms with van der Waals surface area (Å²) < 4.78 is 33.2. The van der Waals surface area contributed by atoms with Crippen molar-refractivity contribution in [1.29, 1.82) is 0 Å². The van der Waals surface area contributed by atoms with E-state index in [1.165, 1.54) is 11.6 Å². The van der Waals surface area contributed by atoms with Crippen LogP contribution in [-0.2, 0) is 27.8 Å². The molecule has 0 atom stereocenters. The van der Waals surface area contributed by atoms with Gasteiger partial charge in [0.15, 0.2) is 0 Å². The van der Waals surface area contributed by atoms with Gasteiger partial charge in [0.2, 0.25) is 10.0 Å². The van der Waals surface area contributed by atoms with Crippen molar-refractivity contribution in [2.45, 2.75) is 44.7 Å². The summed E-state index contributed by atoms with van der Waals surface area (Å²) >= 11 is 0. The first-order valence-corrected chi connectivity index (χ1v) is 13.5. The molecule has 34 heavy (non-hydrogen) atoms. The molecule has 0 unspecified atom stereocenters. The predicted molar refractivity (Wildman–Crippen MR) is 132 cm³/mol. The lowest BCUT2D eigenvalue weighted by Gasteiger charge is -2.29. The van der Waals surface area contributed by atoms with E-state index in [1.54, 1.807) is 16.4 Å². The number of benzene rings is 2. The second kappa shape index (κ2) is 11.0. The second-order valence-corrected chi connectivity index (χ2v) is 11.4. The third-order valence-electron chi connectivity index (χ3n) is 6.79. The Morgan fingerprint density at radius 1 is 1.03 bits per heavy atom. The summed E-state index contributed by atoms with van der Waals surface area (Å²) in [5.41, 5.74) is 3.37. The summed E-state index contributed by atoms with van der Waals surface area (Å²) in [6.45, 7) is 9.66. The van der Waals surface area contributed by atoms with Crippen LogP contribution in [0.1, 0.15) is 46.8 Å². The van der Waals surface area contributed by atoms with E-state index in [2.05, 4.69) is 29.3 Å². The molecule has 1 N–H and O–H groups in total. The van der Waals surface area contributed by atoms with Crippen molar-refractivity contribution in [2.24, 2.45) is 5.92 Å². The topological polar surface area (TPSA) is 79.0 Å². The van der Waals surface area contributed by atoms with Crippen molar-refractivity contribution >= 4 is 15.9 Å². The summed E-state index contributed by atoms with van der Waals surface area (Å²) in [5, 5.41) is 2.97. The van der Waals surface area contributed by atoms with Crippen molar-refractivity contribution in [1.82, 2.24) is 14.5 Å². The lowest BCUT2D eigenvalue weighted by atomic mass is 10.0. The standard InChI is InChI=1S/C26H35N3O4S/c1-20-8-10-29(11-9-20)34(31,32)24-7-6-21(2)25(17-24)26(30)27-18-22-4-3-5-23(16-22)19-28-12-14-33-15-13-28/h3-7,16-17,20H,8-15,18-19H2,1-2H3,(H,27,30). The molecule has 0 spiro atoms. The number of ether oxygens (including phenoxy) is 1. The van der Waals surface area contributed by atoms with Gasteiger partial charge in [-0.3, -0.25) is 9.69 Å². The number of hydrogen-bond donors (Lipinski definition) is 1. The molecule has 2 heterocycles. The minimum atomic E-state index is -3.61. The lowest BCUT2D eigenvalue weighted by Crippen LogP contribution is -2.38. The van der Waals surface area contributed by atoms with Gasteiger partial charge in [0.25, 0.3) is 5.91 Å². The Kier molecular flexibility index (Phi) is 8.03. The van der Waals surface area contributed by atoms with Gasteiger partial charge < -0.3 is 10.1 Å². The van der Waals surface area contributed by atoms with Crippen LogP contribution in [-0.4, -0.2) is 62.9 Å². The number of nitrogens with one attached hydrogen (secondary N) is 1. The van der Waals surface area contributed by atoms with Crippen molar-refractivity contribution < 1.29 is 17.9 Å². The summed E-state index contributed by atoms with van der Waals surface area (Å²) in [5.74, 6) is 0.276. The first-order valence-electron chi connectivity index (χ1n) is 12.1. The number of nitrogens with zero attached hydrogens (tertiary/aromatic N) is 2. The number of rotatable bonds is 7. The highest BCUT2D eigenvalue weighted by Crippen LogP contribution is 2.25.